The molecule has 6 heteroatoms. The molecule has 0 atom stereocenters. The molecule has 2 heterocycles. The van der Waals surface area contributed by atoms with Gasteiger partial charge >= 0.3 is 0 Å². The molecule has 0 bridgehead atoms. The summed E-state index contributed by atoms with van der Waals surface area (Å²) in [5.74, 6) is 0. The SMILES string of the molecule is [C-]#[N+]c1cccc(-c2c([N+]#[C-])c(C#N)c(-c3cccc(C#N)c3)c(-n3c4ccccc4c4cc5c(cc43)C(C)(C)c3ccccc3-5)c2-n2c3ccccc3c3cc4c(cc32)C(C)(C)c2ccccc2-4)c1. The lowest BCUT2D eigenvalue weighted by Crippen LogP contribution is -2.15. The summed E-state index contributed by atoms with van der Waals surface area (Å²) in [7, 11) is 0. The molecule has 9 aromatic carbocycles. The summed E-state index contributed by atoms with van der Waals surface area (Å²) in [4.78, 5) is 8.23. The minimum Gasteiger partial charge on any atom is -0.308 e. The first kappa shape index (κ1) is 40.8. The summed E-state index contributed by atoms with van der Waals surface area (Å²) in [5.41, 5.74) is 17.7. The van der Waals surface area contributed by atoms with Crippen molar-refractivity contribution in [3.63, 3.8) is 0 Å². The van der Waals surface area contributed by atoms with E-state index in [0.717, 1.165) is 43.6 Å². The number of hydrogen-bond acceptors (Lipinski definition) is 2. The van der Waals surface area contributed by atoms with Crippen molar-refractivity contribution in [3.05, 3.63) is 226 Å². The van der Waals surface area contributed by atoms with Crippen LogP contribution in [-0.4, -0.2) is 9.13 Å². The maximum absolute atomic E-state index is 11.7. The smallest absolute Gasteiger partial charge is 0.215 e. The van der Waals surface area contributed by atoms with Crippen LogP contribution in [0.2, 0.25) is 0 Å². The van der Waals surface area contributed by atoms with Crippen molar-refractivity contribution in [2.24, 2.45) is 0 Å². The van der Waals surface area contributed by atoms with E-state index in [-0.39, 0.29) is 22.1 Å². The topological polar surface area (TPSA) is 66.2 Å². The minimum atomic E-state index is -0.330. The number of aromatic nitrogens is 2. The fourth-order valence-corrected chi connectivity index (χ4v) is 12.2. The van der Waals surface area contributed by atoms with Gasteiger partial charge in [0.1, 0.15) is 0 Å². The third-order valence-electron chi connectivity index (χ3n) is 15.4. The first-order chi connectivity index (χ1) is 34.1. The van der Waals surface area contributed by atoms with E-state index in [4.69, 9.17) is 13.1 Å². The molecule has 0 N–H and O–H groups in total. The van der Waals surface area contributed by atoms with Gasteiger partial charge in [0.2, 0.25) is 5.69 Å². The van der Waals surface area contributed by atoms with E-state index < -0.39 is 0 Å². The number of hydrogen-bond donors (Lipinski definition) is 0. The zero-order chi connectivity index (χ0) is 47.8. The number of nitriles is 2. The Balaban J connectivity index is 1.32. The van der Waals surface area contributed by atoms with Gasteiger partial charge in [-0.25, -0.2) is 9.69 Å². The van der Waals surface area contributed by atoms with Gasteiger partial charge in [-0.2, -0.15) is 10.5 Å². The highest BCUT2D eigenvalue weighted by molar-refractivity contribution is 6.17. The molecule has 0 saturated heterocycles. The van der Waals surface area contributed by atoms with E-state index in [1.54, 1.807) is 12.1 Å². The Morgan fingerprint density at radius 3 is 1.46 bits per heavy atom. The van der Waals surface area contributed by atoms with Gasteiger partial charge in [0.15, 0.2) is 5.69 Å². The second-order valence-electron chi connectivity index (χ2n) is 19.6. The molecule has 0 spiro atoms. The highest BCUT2D eigenvalue weighted by Crippen LogP contribution is 2.56. The Kier molecular flexibility index (Phi) is 8.46. The molecule has 0 unspecified atom stereocenters. The molecule has 13 rings (SSSR count). The van der Waals surface area contributed by atoms with E-state index in [0.29, 0.717) is 44.9 Å². The molecule has 2 aromatic heterocycles. The normalized spacial score (nSPS) is 13.6. The van der Waals surface area contributed by atoms with Crippen LogP contribution >= 0.6 is 0 Å². The van der Waals surface area contributed by atoms with Gasteiger partial charge in [0.05, 0.1) is 69.9 Å². The Bertz CT molecular complexity index is 4070. The zero-order valence-electron chi connectivity index (χ0n) is 38.8. The molecular weight excluding hydrogens is 853 g/mol. The van der Waals surface area contributed by atoms with Gasteiger partial charge in [-0.3, -0.25) is 0 Å². The van der Waals surface area contributed by atoms with Gasteiger partial charge in [-0.15, -0.1) is 0 Å². The third kappa shape index (κ3) is 5.34. The Morgan fingerprint density at radius 2 is 0.929 bits per heavy atom. The van der Waals surface area contributed by atoms with Crippen LogP contribution in [-0.2, 0) is 10.8 Å². The van der Waals surface area contributed by atoms with Crippen LogP contribution in [0.4, 0.5) is 11.4 Å². The van der Waals surface area contributed by atoms with Crippen molar-refractivity contribution in [2.45, 2.75) is 38.5 Å². The largest absolute Gasteiger partial charge is 0.308 e. The van der Waals surface area contributed by atoms with Crippen molar-refractivity contribution in [2.75, 3.05) is 0 Å². The first-order valence-electron chi connectivity index (χ1n) is 23.4. The molecule has 2 aliphatic rings. The predicted molar refractivity (Wildman–Crippen MR) is 283 cm³/mol. The monoisotopic (exact) mass is 892 g/mol. The lowest BCUT2D eigenvalue weighted by Gasteiger charge is -2.27. The van der Waals surface area contributed by atoms with E-state index in [2.05, 4.69) is 180 Å². The Labute approximate surface area is 405 Å². The van der Waals surface area contributed by atoms with Gasteiger partial charge < -0.3 is 9.13 Å². The number of rotatable bonds is 4. The summed E-state index contributed by atoms with van der Waals surface area (Å²) >= 11 is 0. The number of fused-ring (bicyclic) bond motifs is 12. The molecule has 11 aromatic rings. The van der Waals surface area contributed by atoms with Gasteiger partial charge in [-0.05, 0) is 110 Å². The van der Waals surface area contributed by atoms with Crippen molar-refractivity contribution in [1.29, 1.82) is 10.5 Å². The predicted octanol–water partition coefficient (Wildman–Crippen LogP) is 16.7. The standard InChI is InChI=1S/C64H40N6/c1-63(2)50-25-11-7-21-41(50)45-31-47-43-23-9-13-27-54(43)69(56(47)33-52(45)63)61-58(38-18-15-17-37(29-38)35-65)49(36-66)60(68-6)59(39-19-16-20-40(30-39)67-5)62(61)70-55-28-14-10-24-44(55)48-32-46-42-22-8-12-26-51(42)64(3,4)53(46)34-57(48)70/h7-34H,1-4H3. The molecule has 0 amide bonds. The average molecular weight is 893 g/mol. The first-order valence-corrected chi connectivity index (χ1v) is 23.4. The van der Waals surface area contributed by atoms with Crippen LogP contribution in [0.1, 0.15) is 61.1 Å². The highest BCUT2D eigenvalue weighted by atomic mass is 15.1. The molecule has 0 aliphatic heterocycles. The van der Waals surface area contributed by atoms with Crippen molar-refractivity contribution >= 4 is 55.0 Å². The van der Waals surface area contributed by atoms with Crippen LogP contribution in [0, 0.1) is 35.8 Å². The highest BCUT2D eigenvalue weighted by Gasteiger charge is 2.39. The Morgan fingerprint density at radius 1 is 0.429 bits per heavy atom. The summed E-state index contributed by atoms with van der Waals surface area (Å²) < 4.78 is 4.64. The van der Waals surface area contributed by atoms with E-state index in [1.807, 2.05) is 36.4 Å². The number of nitrogens with zero attached hydrogens (tertiary/aromatic N) is 6. The lowest BCUT2D eigenvalue weighted by molar-refractivity contribution is 0.660. The number of para-hydroxylation sites is 2. The second-order valence-corrected chi connectivity index (χ2v) is 19.6. The van der Waals surface area contributed by atoms with Crippen LogP contribution in [0.15, 0.2) is 170 Å². The fraction of sp³-hybridized carbons (Fsp3) is 0.0938. The van der Waals surface area contributed by atoms with Crippen molar-refractivity contribution in [1.82, 2.24) is 9.13 Å². The summed E-state index contributed by atoms with van der Waals surface area (Å²) in [5, 5.41) is 26.4. The molecule has 2 aliphatic carbocycles. The molecule has 326 valence electrons. The summed E-state index contributed by atoms with van der Waals surface area (Å²) in [6.45, 7) is 26.5. The number of benzene rings is 9. The molecular formula is C64H40N6. The minimum absolute atomic E-state index is 0.166. The molecule has 0 radical (unpaired) electrons. The molecule has 0 saturated carbocycles. The fourth-order valence-electron chi connectivity index (χ4n) is 12.2. The molecule has 6 nitrogen and oxygen atoms in total. The van der Waals surface area contributed by atoms with Gasteiger partial charge in [0, 0.05) is 43.5 Å². The summed E-state index contributed by atoms with van der Waals surface area (Å²) in [6.07, 6.45) is 0. The van der Waals surface area contributed by atoms with Crippen molar-refractivity contribution in [3.8, 4) is 68.0 Å². The summed E-state index contributed by atoms with van der Waals surface area (Å²) in [6, 6.07) is 63.4. The zero-order valence-corrected chi connectivity index (χ0v) is 38.8. The van der Waals surface area contributed by atoms with Crippen LogP contribution in [0.3, 0.4) is 0 Å². The maximum Gasteiger partial charge on any atom is 0.215 e. The Hall–Kier alpha value is -9.46. The maximum atomic E-state index is 11.7. The van der Waals surface area contributed by atoms with E-state index in [1.165, 1.54) is 44.5 Å². The molecule has 0 fully saturated rings. The van der Waals surface area contributed by atoms with Crippen LogP contribution in [0.5, 0.6) is 0 Å². The lowest BCUT2D eigenvalue weighted by atomic mass is 9.82. The van der Waals surface area contributed by atoms with E-state index >= 15 is 0 Å². The van der Waals surface area contributed by atoms with Crippen molar-refractivity contribution < 1.29 is 0 Å². The average Bonchev–Trinajstić information content (AvgIpc) is 4.04. The third-order valence-corrected chi connectivity index (χ3v) is 15.4. The quantitative estimate of drug-likeness (QED) is 0.165. The van der Waals surface area contributed by atoms with E-state index in [9.17, 15) is 10.5 Å². The molecule has 70 heavy (non-hydrogen) atoms. The van der Waals surface area contributed by atoms with Gasteiger partial charge in [-0.1, -0.05) is 143 Å². The second kappa shape index (κ2) is 14.5. The van der Waals surface area contributed by atoms with Crippen LogP contribution < -0.4 is 0 Å². The van der Waals surface area contributed by atoms with Crippen LogP contribution in [0.25, 0.3) is 109 Å². The van der Waals surface area contributed by atoms with Gasteiger partial charge in [0.25, 0.3) is 0 Å².